The highest BCUT2D eigenvalue weighted by Crippen LogP contribution is 2.25. The van der Waals surface area contributed by atoms with Crippen LogP contribution in [0.25, 0.3) is 0 Å². The molecule has 4 heteroatoms. The van der Waals surface area contributed by atoms with Gasteiger partial charge in [0.2, 0.25) is 5.91 Å². The highest BCUT2D eigenvalue weighted by atomic mass is 19.1. The van der Waals surface area contributed by atoms with E-state index in [4.69, 9.17) is 0 Å². The van der Waals surface area contributed by atoms with Crippen LogP contribution in [-0.4, -0.2) is 23.1 Å². The average Bonchev–Trinajstić information content (AvgIpc) is 2.61. The van der Waals surface area contributed by atoms with Gasteiger partial charge in [-0.3, -0.25) is 9.59 Å². The van der Waals surface area contributed by atoms with E-state index in [1.54, 1.807) is 26.0 Å². The Bertz CT molecular complexity index is 484. The Morgan fingerprint density at radius 3 is 2.59 bits per heavy atom. The molecule has 0 saturated carbocycles. The first-order chi connectivity index (χ1) is 7.99. The van der Waals surface area contributed by atoms with Gasteiger partial charge in [-0.1, -0.05) is 12.1 Å². The second-order valence-corrected chi connectivity index (χ2v) is 4.42. The quantitative estimate of drug-likeness (QED) is 0.735. The largest absolute Gasteiger partial charge is 0.328 e. The molecule has 17 heavy (non-hydrogen) atoms. The fourth-order valence-corrected chi connectivity index (χ4v) is 2.01. The Morgan fingerprint density at radius 2 is 2.06 bits per heavy atom. The van der Waals surface area contributed by atoms with Crippen molar-refractivity contribution in [3.63, 3.8) is 0 Å². The molecule has 1 heterocycles. The zero-order valence-corrected chi connectivity index (χ0v) is 9.87. The van der Waals surface area contributed by atoms with E-state index >= 15 is 0 Å². The molecule has 0 bridgehead atoms. The molecule has 2 rings (SSSR count). The third-order valence-electron chi connectivity index (χ3n) is 3.16. The molecule has 0 spiro atoms. The number of aryl methyl sites for hydroxylation is 1. The van der Waals surface area contributed by atoms with Crippen molar-refractivity contribution in [3.05, 3.63) is 35.1 Å². The molecule has 1 amide bonds. The van der Waals surface area contributed by atoms with Crippen LogP contribution in [0.3, 0.4) is 0 Å². The van der Waals surface area contributed by atoms with E-state index in [1.165, 1.54) is 11.0 Å². The minimum absolute atomic E-state index is 0.0291. The van der Waals surface area contributed by atoms with Crippen molar-refractivity contribution in [3.8, 4) is 0 Å². The number of carbonyl (C=O) groups excluding carboxylic acids is 2. The lowest BCUT2D eigenvalue weighted by atomic mass is 10.1. The first kappa shape index (κ1) is 11.8. The zero-order valence-electron chi connectivity index (χ0n) is 9.87. The third-order valence-corrected chi connectivity index (χ3v) is 3.16. The number of hydrogen-bond donors (Lipinski definition) is 0. The van der Waals surface area contributed by atoms with E-state index in [0.29, 0.717) is 5.56 Å². The lowest BCUT2D eigenvalue weighted by Crippen LogP contribution is -2.28. The summed E-state index contributed by atoms with van der Waals surface area (Å²) in [4.78, 5) is 24.2. The van der Waals surface area contributed by atoms with Crippen molar-refractivity contribution < 1.29 is 14.0 Å². The molecule has 0 radical (unpaired) electrons. The molecule has 0 aromatic heterocycles. The van der Waals surface area contributed by atoms with Crippen LogP contribution in [0.5, 0.6) is 0 Å². The molecular weight excluding hydrogens is 221 g/mol. The highest BCUT2D eigenvalue weighted by Gasteiger charge is 2.31. The van der Waals surface area contributed by atoms with Crippen molar-refractivity contribution in [2.24, 2.45) is 0 Å². The van der Waals surface area contributed by atoms with Gasteiger partial charge < -0.3 is 4.90 Å². The van der Waals surface area contributed by atoms with Crippen LogP contribution in [0.2, 0.25) is 0 Å². The van der Waals surface area contributed by atoms with Crippen LogP contribution in [0, 0.1) is 12.7 Å². The van der Waals surface area contributed by atoms with Gasteiger partial charge in [0.1, 0.15) is 5.82 Å². The van der Waals surface area contributed by atoms with Gasteiger partial charge in [0.25, 0.3) is 0 Å². The minimum atomic E-state index is -0.285. The Hall–Kier alpha value is -1.71. The molecule has 1 aromatic rings. The predicted octanol–water partition coefficient (Wildman–Crippen LogP) is 2.00. The summed E-state index contributed by atoms with van der Waals surface area (Å²) in [6.45, 7) is 3.63. The number of carbonyl (C=O) groups is 2. The van der Waals surface area contributed by atoms with Crippen molar-refractivity contribution in [2.45, 2.75) is 26.3 Å². The van der Waals surface area contributed by atoms with Gasteiger partial charge in [-0.2, -0.15) is 0 Å². The molecule has 1 atom stereocenters. The second-order valence-electron chi connectivity index (χ2n) is 4.42. The molecule has 90 valence electrons. The maximum absolute atomic E-state index is 13.4. The number of halogens is 1. The van der Waals surface area contributed by atoms with Crippen LogP contribution < -0.4 is 0 Å². The monoisotopic (exact) mass is 235 g/mol. The van der Waals surface area contributed by atoms with E-state index < -0.39 is 0 Å². The summed E-state index contributed by atoms with van der Waals surface area (Å²) < 4.78 is 13.4. The van der Waals surface area contributed by atoms with Gasteiger partial charge in [0.15, 0.2) is 5.78 Å². The van der Waals surface area contributed by atoms with E-state index in [-0.39, 0.29) is 36.5 Å². The number of nitrogens with zero attached hydrogens (tertiary/aromatic N) is 1. The van der Waals surface area contributed by atoms with Crippen LogP contribution in [0.15, 0.2) is 18.2 Å². The zero-order chi connectivity index (χ0) is 12.6. The van der Waals surface area contributed by atoms with Gasteiger partial charge in [-0.15, -0.1) is 0 Å². The molecular formula is C13H14FNO2. The average molecular weight is 235 g/mol. The summed E-state index contributed by atoms with van der Waals surface area (Å²) in [5, 5.41) is 0. The van der Waals surface area contributed by atoms with Gasteiger partial charge in [-0.05, 0) is 31.0 Å². The fourth-order valence-electron chi connectivity index (χ4n) is 2.01. The third kappa shape index (κ3) is 2.20. The van der Waals surface area contributed by atoms with Gasteiger partial charge in [-0.25, -0.2) is 4.39 Å². The maximum atomic E-state index is 13.4. The van der Waals surface area contributed by atoms with Crippen LogP contribution in [-0.2, 0) is 9.59 Å². The molecule has 1 aliphatic heterocycles. The summed E-state index contributed by atoms with van der Waals surface area (Å²) in [7, 11) is 0. The second kappa shape index (κ2) is 4.28. The normalized spacial score (nSPS) is 17.7. The van der Waals surface area contributed by atoms with Crippen molar-refractivity contribution in [2.75, 3.05) is 6.54 Å². The van der Waals surface area contributed by atoms with E-state index in [1.807, 2.05) is 0 Å². The standard InChI is InChI=1S/C13H14FNO2/c1-8-3-4-10(5-12(8)14)9(2)15-7-11(16)6-13(15)17/h3-5,9H,6-7H2,1-2H3. The van der Waals surface area contributed by atoms with Crippen molar-refractivity contribution in [1.82, 2.24) is 4.90 Å². The van der Waals surface area contributed by atoms with E-state index in [0.717, 1.165) is 5.56 Å². The van der Waals surface area contributed by atoms with Gasteiger partial charge in [0, 0.05) is 0 Å². The Labute approximate surface area is 99.2 Å². The fraction of sp³-hybridized carbons (Fsp3) is 0.385. The van der Waals surface area contributed by atoms with Crippen LogP contribution >= 0.6 is 0 Å². The van der Waals surface area contributed by atoms with Gasteiger partial charge >= 0.3 is 0 Å². The molecule has 1 saturated heterocycles. The Morgan fingerprint density at radius 1 is 1.35 bits per heavy atom. The van der Waals surface area contributed by atoms with E-state index in [9.17, 15) is 14.0 Å². The summed E-state index contributed by atoms with van der Waals surface area (Å²) >= 11 is 0. The smallest absolute Gasteiger partial charge is 0.230 e. The first-order valence-electron chi connectivity index (χ1n) is 5.56. The topological polar surface area (TPSA) is 37.4 Å². The molecule has 1 aliphatic rings. The lowest BCUT2D eigenvalue weighted by molar-refractivity contribution is -0.129. The Kier molecular flexibility index (Phi) is 2.96. The molecule has 0 N–H and O–H groups in total. The van der Waals surface area contributed by atoms with Crippen LogP contribution in [0.1, 0.15) is 30.5 Å². The molecule has 1 fully saturated rings. The SMILES string of the molecule is Cc1ccc(C(C)N2CC(=O)CC2=O)cc1F. The highest BCUT2D eigenvalue weighted by molar-refractivity contribution is 6.05. The summed E-state index contributed by atoms with van der Waals surface area (Å²) in [6.07, 6.45) is -0.0291. The van der Waals surface area contributed by atoms with Crippen molar-refractivity contribution in [1.29, 1.82) is 0 Å². The van der Waals surface area contributed by atoms with Crippen LogP contribution in [0.4, 0.5) is 4.39 Å². The number of Topliss-reactive ketones (excluding diaryl/α,β-unsaturated/α-hetero) is 1. The number of rotatable bonds is 2. The summed E-state index contributed by atoms with van der Waals surface area (Å²) in [5.41, 5.74) is 1.29. The van der Waals surface area contributed by atoms with Crippen molar-refractivity contribution >= 4 is 11.7 Å². The molecule has 1 unspecified atom stereocenters. The number of amides is 1. The predicted molar refractivity (Wildman–Crippen MR) is 60.9 cm³/mol. The number of ketones is 1. The minimum Gasteiger partial charge on any atom is -0.328 e. The molecule has 0 aliphatic carbocycles. The van der Waals surface area contributed by atoms with Gasteiger partial charge in [0.05, 0.1) is 19.0 Å². The first-order valence-corrected chi connectivity index (χ1v) is 5.56. The lowest BCUT2D eigenvalue weighted by Gasteiger charge is -2.24. The molecule has 1 aromatic carbocycles. The number of likely N-dealkylation sites (tertiary alicyclic amines) is 1. The maximum Gasteiger partial charge on any atom is 0.230 e. The van der Waals surface area contributed by atoms with E-state index in [2.05, 4.69) is 0 Å². The summed E-state index contributed by atoms with van der Waals surface area (Å²) in [5.74, 6) is -0.537. The molecule has 3 nitrogen and oxygen atoms in total. The number of benzene rings is 1. The Balaban J connectivity index is 2.25. The number of hydrogen-bond acceptors (Lipinski definition) is 2. The summed E-state index contributed by atoms with van der Waals surface area (Å²) in [6, 6.07) is 4.64.